The fourth-order valence-electron chi connectivity index (χ4n) is 2.22. The highest BCUT2D eigenvalue weighted by atomic mass is 16.5. The molecule has 2 N–H and O–H groups in total. The van der Waals surface area contributed by atoms with Crippen molar-refractivity contribution >= 4 is 0 Å². The third-order valence-electron chi connectivity index (χ3n) is 3.01. The van der Waals surface area contributed by atoms with Gasteiger partial charge in [0.1, 0.15) is 0 Å². The Labute approximate surface area is 97.1 Å². The third kappa shape index (κ3) is 2.71. The molecular formula is C14H19NO. The molecule has 1 aromatic carbocycles. The Morgan fingerprint density at radius 1 is 1.31 bits per heavy atom. The van der Waals surface area contributed by atoms with E-state index in [1.54, 1.807) is 0 Å². The lowest BCUT2D eigenvalue weighted by Gasteiger charge is -2.25. The number of nitrogens with two attached hydrogens (primary N) is 1. The van der Waals surface area contributed by atoms with Gasteiger partial charge in [0.2, 0.25) is 0 Å². The molecule has 16 heavy (non-hydrogen) atoms. The van der Waals surface area contributed by atoms with Crippen molar-refractivity contribution in [2.75, 3.05) is 13.2 Å². The Bertz CT molecular complexity index is 360. The van der Waals surface area contributed by atoms with Gasteiger partial charge in [-0.3, -0.25) is 0 Å². The number of rotatable bonds is 4. The molecule has 0 fully saturated rings. The van der Waals surface area contributed by atoms with E-state index >= 15 is 0 Å². The van der Waals surface area contributed by atoms with Crippen LogP contribution in [0, 0.1) is 0 Å². The quantitative estimate of drug-likeness (QED) is 0.787. The van der Waals surface area contributed by atoms with Crippen molar-refractivity contribution in [2.24, 2.45) is 5.73 Å². The maximum absolute atomic E-state index is 5.87. The molecule has 2 heteroatoms. The Balaban J connectivity index is 1.99. The van der Waals surface area contributed by atoms with Gasteiger partial charge in [-0.2, -0.15) is 0 Å². The minimum Gasteiger partial charge on any atom is -0.369 e. The molecule has 1 aliphatic carbocycles. The Kier molecular flexibility index (Phi) is 4.14. The summed E-state index contributed by atoms with van der Waals surface area (Å²) in [7, 11) is 0. The third-order valence-corrected chi connectivity index (χ3v) is 3.01. The predicted molar refractivity (Wildman–Crippen MR) is 66.3 cm³/mol. The molecule has 1 unspecified atom stereocenters. The molecule has 0 aliphatic heterocycles. The molecule has 0 amide bonds. The first-order valence-electron chi connectivity index (χ1n) is 5.96. The van der Waals surface area contributed by atoms with E-state index in [1.165, 1.54) is 24.0 Å². The maximum Gasteiger partial charge on any atom is 0.0832 e. The first-order valence-corrected chi connectivity index (χ1v) is 5.96. The Hall–Kier alpha value is -1.12. The smallest absolute Gasteiger partial charge is 0.0832 e. The monoisotopic (exact) mass is 217 g/mol. The summed E-state index contributed by atoms with van der Waals surface area (Å²) < 4.78 is 5.87. The summed E-state index contributed by atoms with van der Waals surface area (Å²) in [4.78, 5) is 0. The number of ether oxygens (including phenoxy) is 1. The minimum absolute atomic E-state index is 0.271. The van der Waals surface area contributed by atoms with Crippen molar-refractivity contribution < 1.29 is 4.74 Å². The molecule has 1 aromatic rings. The largest absolute Gasteiger partial charge is 0.369 e. The van der Waals surface area contributed by atoms with Gasteiger partial charge in [0.05, 0.1) is 12.7 Å². The lowest BCUT2D eigenvalue weighted by molar-refractivity contribution is 0.0608. The Morgan fingerprint density at radius 3 is 3.06 bits per heavy atom. The molecule has 0 heterocycles. The molecule has 0 radical (unpaired) electrons. The summed E-state index contributed by atoms with van der Waals surface area (Å²) in [5, 5.41) is 0. The number of hydrogen-bond donors (Lipinski definition) is 1. The zero-order chi connectivity index (χ0) is 11.2. The molecule has 2 rings (SSSR count). The van der Waals surface area contributed by atoms with Crippen LogP contribution in [0.4, 0.5) is 0 Å². The van der Waals surface area contributed by atoms with Crippen LogP contribution < -0.4 is 5.73 Å². The van der Waals surface area contributed by atoms with Crippen LogP contribution in [0.2, 0.25) is 0 Å². The molecule has 0 aromatic heterocycles. The number of benzene rings is 1. The fraction of sp³-hybridized carbons (Fsp3) is 0.429. The van der Waals surface area contributed by atoms with Crippen molar-refractivity contribution in [2.45, 2.75) is 25.4 Å². The molecule has 1 atom stereocenters. The van der Waals surface area contributed by atoms with Crippen LogP contribution in [0.5, 0.6) is 0 Å². The van der Waals surface area contributed by atoms with Gasteiger partial charge in [0.25, 0.3) is 0 Å². The van der Waals surface area contributed by atoms with Gasteiger partial charge in [-0.1, -0.05) is 36.4 Å². The molecule has 2 nitrogen and oxygen atoms in total. The van der Waals surface area contributed by atoms with Gasteiger partial charge >= 0.3 is 0 Å². The summed E-state index contributed by atoms with van der Waals surface area (Å²) in [6.07, 6.45) is 7.75. The van der Waals surface area contributed by atoms with E-state index in [0.29, 0.717) is 13.2 Å². The van der Waals surface area contributed by atoms with Gasteiger partial charge in [-0.15, -0.1) is 0 Å². The number of aryl methyl sites for hydroxylation is 1. The molecule has 0 saturated carbocycles. The molecule has 1 aliphatic rings. The van der Waals surface area contributed by atoms with Gasteiger partial charge in [-0.25, -0.2) is 0 Å². The van der Waals surface area contributed by atoms with E-state index in [4.69, 9.17) is 10.5 Å². The minimum atomic E-state index is 0.271. The average molecular weight is 217 g/mol. The summed E-state index contributed by atoms with van der Waals surface area (Å²) in [6, 6.07) is 8.60. The van der Waals surface area contributed by atoms with Gasteiger partial charge < -0.3 is 10.5 Å². The first kappa shape index (κ1) is 11.4. The summed E-state index contributed by atoms with van der Waals surface area (Å²) in [6.45, 7) is 1.25. The van der Waals surface area contributed by atoms with Crippen molar-refractivity contribution in [3.8, 4) is 0 Å². The standard InChI is InChI=1S/C14H19NO/c15-10-3-4-11-16-14-9-5-7-12-6-1-2-8-13(12)14/h1-4,6,8,14H,5,7,9-11,15H2. The van der Waals surface area contributed by atoms with Crippen molar-refractivity contribution in [1.82, 2.24) is 0 Å². The summed E-state index contributed by atoms with van der Waals surface area (Å²) >= 11 is 0. The van der Waals surface area contributed by atoms with Crippen LogP contribution in [0.3, 0.4) is 0 Å². The SMILES string of the molecule is NCC=CCOC1CCCc2ccccc21. The average Bonchev–Trinajstić information content (AvgIpc) is 2.35. The van der Waals surface area contributed by atoms with Crippen molar-refractivity contribution in [3.05, 3.63) is 47.5 Å². The van der Waals surface area contributed by atoms with Gasteiger partial charge in [0.15, 0.2) is 0 Å². The maximum atomic E-state index is 5.87. The van der Waals surface area contributed by atoms with Crippen LogP contribution in [0.15, 0.2) is 36.4 Å². The van der Waals surface area contributed by atoms with E-state index < -0.39 is 0 Å². The van der Waals surface area contributed by atoms with Gasteiger partial charge in [-0.05, 0) is 30.4 Å². The van der Waals surface area contributed by atoms with Gasteiger partial charge in [0, 0.05) is 6.54 Å². The zero-order valence-electron chi connectivity index (χ0n) is 9.56. The zero-order valence-corrected chi connectivity index (χ0v) is 9.56. The van der Waals surface area contributed by atoms with Crippen LogP contribution in [0.25, 0.3) is 0 Å². The first-order chi connectivity index (χ1) is 7.92. The highest BCUT2D eigenvalue weighted by Gasteiger charge is 2.19. The predicted octanol–water partition coefficient (Wildman–Crippen LogP) is 2.60. The molecule has 0 spiro atoms. The molecular weight excluding hydrogens is 198 g/mol. The lowest BCUT2D eigenvalue weighted by atomic mass is 9.89. The summed E-state index contributed by atoms with van der Waals surface area (Å²) in [5.74, 6) is 0. The molecule has 0 bridgehead atoms. The Morgan fingerprint density at radius 2 is 2.19 bits per heavy atom. The normalized spacial score (nSPS) is 19.9. The van der Waals surface area contributed by atoms with Crippen molar-refractivity contribution in [3.63, 3.8) is 0 Å². The summed E-state index contributed by atoms with van der Waals surface area (Å²) in [5.41, 5.74) is 8.20. The van der Waals surface area contributed by atoms with E-state index in [1.807, 2.05) is 12.2 Å². The van der Waals surface area contributed by atoms with Crippen LogP contribution >= 0.6 is 0 Å². The fourth-order valence-corrected chi connectivity index (χ4v) is 2.22. The molecule has 86 valence electrons. The van der Waals surface area contributed by atoms with Crippen molar-refractivity contribution in [1.29, 1.82) is 0 Å². The van der Waals surface area contributed by atoms with Crippen LogP contribution in [-0.2, 0) is 11.2 Å². The lowest BCUT2D eigenvalue weighted by Crippen LogP contribution is -2.12. The van der Waals surface area contributed by atoms with Crippen LogP contribution in [0.1, 0.15) is 30.1 Å². The van der Waals surface area contributed by atoms with E-state index in [2.05, 4.69) is 24.3 Å². The highest BCUT2D eigenvalue weighted by Crippen LogP contribution is 2.32. The highest BCUT2D eigenvalue weighted by molar-refractivity contribution is 5.31. The molecule has 0 saturated heterocycles. The second-order valence-corrected chi connectivity index (χ2v) is 4.12. The topological polar surface area (TPSA) is 35.2 Å². The second kappa shape index (κ2) is 5.83. The number of hydrogen-bond acceptors (Lipinski definition) is 2. The number of fused-ring (bicyclic) bond motifs is 1. The second-order valence-electron chi connectivity index (χ2n) is 4.12. The van der Waals surface area contributed by atoms with E-state index in [0.717, 1.165) is 6.42 Å². The van der Waals surface area contributed by atoms with E-state index in [-0.39, 0.29) is 6.10 Å². The van der Waals surface area contributed by atoms with Crippen LogP contribution in [-0.4, -0.2) is 13.2 Å². The van der Waals surface area contributed by atoms with E-state index in [9.17, 15) is 0 Å².